The summed E-state index contributed by atoms with van der Waals surface area (Å²) in [6.45, 7) is 0.817. The van der Waals surface area contributed by atoms with Gasteiger partial charge in [0.2, 0.25) is 0 Å². The fraction of sp³-hybridized carbons (Fsp3) is 0.250. The van der Waals surface area contributed by atoms with Crippen LogP contribution in [0.15, 0.2) is 53.3 Å². The first-order valence-corrected chi connectivity index (χ1v) is 7.61. The number of hydrogen-bond donors (Lipinski definition) is 2. The maximum absolute atomic E-state index is 12.4. The third-order valence-electron chi connectivity index (χ3n) is 3.09. The number of hydrogen-bond acceptors (Lipinski definition) is 2. The van der Waals surface area contributed by atoms with E-state index in [1.54, 1.807) is 18.5 Å². The molecule has 1 atom stereocenters. The Morgan fingerprint density at radius 2 is 2.00 bits per heavy atom. The van der Waals surface area contributed by atoms with E-state index in [0.29, 0.717) is 5.56 Å². The van der Waals surface area contributed by atoms with Crippen LogP contribution >= 0.6 is 15.9 Å². The van der Waals surface area contributed by atoms with Gasteiger partial charge in [0.1, 0.15) is 12.6 Å². The summed E-state index contributed by atoms with van der Waals surface area (Å²) < 4.78 is 0.796. The molecular weight excluding hydrogens is 330 g/mol. The molecule has 1 amide bonds. The first kappa shape index (κ1) is 15.7. The van der Waals surface area contributed by atoms with Crippen molar-refractivity contribution < 1.29 is 9.69 Å². The predicted molar refractivity (Wildman–Crippen MR) is 86.3 cm³/mol. The lowest BCUT2D eigenvalue weighted by Crippen LogP contribution is -3.06. The normalized spacial score (nSPS) is 12.2. The van der Waals surface area contributed by atoms with Crippen molar-refractivity contribution in [2.24, 2.45) is 0 Å². The second-order valence-electron chi connectivity index (χ2n) is 5.24. The van der Waals surface area contributed by atoms with Crippen molar-refractivity contribution in [1.82, 2.24) is 10.3 Å². The first-order valence-electron chi connectivity index (χ1n) is 6.81. The van der Waals surface area contributed by atoms with Gasteiger partial charge in [-0.05, 0) is 27.6 Å². The Hall–Kier alpha value is -1.72. The Balaban J connectivity index is 2.17. The number of nitrogens with one attached hydrogen (secondary N) is 2. The van der Waals surface area contributed by atoms with E-state index in [4.69, 9.17) is 0 Å². The molecule has 0 fully saturated rings. The van der Waals surface area contributed by atoms with Crippen LogP contribution in [0.5, 0.6) is 0 Å². The Bertz CT molecular complexity index is 601. The maximum Gasteiger partial charge on any atom is 0.253 e. The topological polar surface area (TPSA) is 46.4 Å². The summed E-state index contributed by atoms with van der Waals surface area (Å²) in [5, 5.41) is 3.09. The van der Waals surface area contributed by atoms with E-state index in [1.165, 1.54) is 4.90 Å². The highest BCUT2D eigenvalue weighted by Crippen LogP contribution is 2.13. The summed E-state index contributed by atoms with van der Waals surface area (Å²) in [6.07, 6.45) is 3.24. The molecule has 0 radical (unpaired) electrons. The van der Waals surface area contributed by atoms with Crippen molar-refractivity contribution >= 4 is 21.8 Å². The fourth-order valence-electron chi connectivity index (χ4n) is 2.12. The molecule has 5 heteroatoms. The van der Waals surface area contributed by atoms with Gasteiger partial charge in [0.25, 0.3) is 5.91 Å². The van der Waals surface area contributed by atoms with E-state index in [9.17, 15) is 4.79 Å². The van der Waals surface area contributed by atoms with Crippen LogP contribution in [0.2, 0.25) is 0 Å². The number of pyridine rings is 1. The molecule has 1 aromatic carbocycles. The number of rotatable bonds is 5. The summed E-state index contributed by atoms with van der Waals surface area (Å²) in [5.74, 6) is -0.112. The molecule has 1 aromatic heterocycles. The third kappa shape index (κ3) is 4.65. The first-order chi connectivity index (χ1) is 10.1. The highest BCUT2D eigenvalue weighted by Gasteiger charge is 2.18. The number of carbonyl (C=O) groups excluding carboxylic acids is 1. The molecule has 0 bridgehead atoms. The number of aromatic nitrogens is 1. The van der Waals surface area contributed by atoms with Crippen LogP contribution in [0.25, 0.3) is 0 Å². The number of likely N-dealkylation sites (N-methyl/N-ethyl adjacent to an activating group) is 1. The van der Waals surface area contributed by atoms with Crippen molar-refractivity contribution in [2.75, 3.05) is 20.6 Å². The lowest BCUT2D eigenvalue weighted by Gasteiger charge is -2.20. The zero-order valence-electron chi connectivity index (χ0n) is 12.1. The largest absolute Gasteiger partial charge is 0.340 e. The van der Waals surface area contributed by atoms with Gasteiger partial charge >= 0.3 is 0 Å². The molecule has 0 spiro atoms. The number of nitrogens with zero attached hydrogens (tertiary/aromatic N) is 1. The van der Waals surface area contributed by atoms with Crippen LogP contribution in [-0.2, 0) is 0 Å². The lowest BCUT2D eigenvalue weighted by atomic mass is 10.1. The fourth-order valence-corrected chi connectivity index (χ4v) is 2.49. The van der Waals surface area contributed by atoms with E-state index < -0.39 is 0 Å². The quantitative estimate of drug-likeness (QED) is 0.859. The lowest BCUT2D eigenvalue weighted by molar-refractivity contribution is -0.860. The van der Waals surface area contributed by atoms with E-state index >= 15 is 0 Å². The molecule has 21 heavy (non-hydrogen) atoms. The van der Waals surface area contributed by atoms with E-state index in [1.807, 2.05) is 30.3 Å². The van der Waals surface area contributed by atoms with Crippen molar-refractivity contribution in [3.8, 4) is 0 Å². The van der Waals surface area contributed by atoms with Crippen LogP contribution in [-0.4, -0.2) is 31.5 Å². The summed E-state index contributed by atoms with van der Waals surface area (Å²) >= 11 is 3.34. The van der Waals surface area contributed by atoms with Gasteiger partial charge < -0.3 is 10.2 Å². The zero-order valence-corrected chi connectivity index (χ0v) is 13.7. The summed E-state index contributed by atoms with van der Waals surface area (Å²) in [6, 6.07) is 11.8. The van der Waals surface area contributed by atoms with Crippen LogP contribution in [0.3, 0.4) is 0 Å². The zero-order chi connectivity index (χ0) is 15.2. The number of benzene rings is 1. The van der Waals surface area contributed by atoms with Gasteiger partial charge in [-0.25, -0.2) is 0 Å². The predicted octanol–water partition coefficient (Wildman–Crippen LogP) is 1.46. The maximum atomic E-state index is 12.4. The standard InChI is InChI=1S/C16H18BrN3O/c1-20(2)11-15(12-6-4-3-5-7-12)19-16(21)13-8-14(17)10-18-9-13/h3-10,15H,11H2,1-2H3,(H,19,21)/p+1/t15-/m1/s1. The Morgan fingerprint density at radius 3 is 2.62 bits per heavy atom. The Morgan fingerprint density at radius 1 is 1.29 bits per heavy atom. The molecule has 2 aromatic rings. The molecule has 0 unspecified atom stereocenters. The van der Waals surface area contributed by atoms with Crippen LogP contribution in [0.4, 0.5) is 0 Å². The molecule has 2 rings (SSSR count). The average molecular weight is 349 g/mol. The SMILES string of the molecule is C[NH+](C)C[C@@H](NC(=O)c1cncc(Br)c1)c1ccccc1. The van der Waals surface area contributed by atoms with Gasteiger partial charge in [0, 0.05) is 16.9 Å². The molecule has 2 N–H and O–H groups in total. The molecule has 0 saturated carbocycles. The second-order valence-corrected chi connectivity index (χ2v) is 6.16. The van der Waals surface area contributed by atoms with Crippen molar-refractivity contribution in [3.05, 3.63) is 64.4 Å². The van der Waals surface area contributed by atoms with E-state index in [2.05, 4.69) is 40.3 Å². The summed E-state index contributed by atoms with van der Waals surface area (Å²) in [7, 11) is 4.14. The second kappa shape index (κ2) is 7.33. The number of carbonyl (C=O) groups is 1. The highest BCUT2D eigenvalue weighted by atomic mass is 79.9. The van der Waals surface area contributed by atoms with Gasteiger partial charge in [-0.15, -0.1) is 0 Å². The molecule has 1 heterocycles. The van der Waals surface area contributed by atoms with E-state index in [0.717, 1.165) is 16.6 Å². The minimum absolute atomic E-state index is 0.0253. The Kier molecular flexibility index (Phi) is 5.47. The van der Waals surface area contributed by atoms with Crippen LogP contribution < -0.4 is 10.2 Å². The van der Waals surface area contributed by atoms with Crippen LogP contribution in [0.1, 0.15) is 22.0 Å². The number of amides is 1. The summed E-state index contributed by atoms with van der Waals surface area (Å²) in [4.78, 5) is 17.7. The molecule has 0 aliphatic rings. The Labute approximate surface area is 133 Å². The molecule has 110 valence electrons. The van der Waals surface area contributed by atoms with Gasteiger partial charge in [-0.2, -0.15) is 0 Å². The van der Waals surface area contributed by atoms with Crippen LogP contribution in [0, 0.1) is 0 Å². The molecule has 0 saturated heterocycles. The average Bonchev–Trinajstić information content (AvgIpc) is 2.47. The summed E-state index contributed by atoms with van der Waals surface area (Å²) in [5.41, 5.74) is 1.66. The van der Waals surface area contributed by atoms with Crippen molar-refractivity contribution in [1.29, 1.82) is 0 Å². The minimum Gasteiger partial charge on any atom is -0.340 e. The monoisotopic (exact) mass is 348 g/mol. The van der Waals surface area contributed by atoms with Gasteiger partial charge in [0.05, 0.1) is 19.7 Å². The third-order valence-corrected chi connectivity index (χ3v) is 3.52. The van der Waals surface area contributed by atoms with E-state index in [-0.39, 0.29) is 11.9 Å². The van der Waals surface area contributed by atoms with Gasteiger partial charge in [-0.1, -0.05) is 30.3 Å². The van der Waals surface area contributed by atoms with Gasteiger partial charge in [0.15, 0.2) is 0 Å². The van der Waals surface area contributed by atoms with Crippen molar-refractivity contribution in [2.45, 2.75) is 6.04 Å². The highest BCUT2D eigenvalue weighted by molar-refractivity contribution is 9.10. The minimum atomic E-state index is -0.112. The molecule has 0 aliphatic heterocycles. The van der Waals surface area contributed by atoms with Gasteiger partial charge in [-0.3, -0.25) is 9.78 Å². The van der Waals surface area contributed by atoms with Crippen molar-refractivity contribution in [3.63, 3.8) is 0 Å². The smallest absolute Gasteiger partial charge is 0.253 e. The number of quaternary nitrogens is 1. The molecular formula is C16H19BrN3O+. The molecule has 0 aliphatic carbocycles. The molecule has 4 nitrogen and oxygen atoms in total. The number of halogens is 1.